The van der Waals surface area contributed by atoms with Crippen molar-refractivity contribution in [2.24, 2.45) is 5.92 Å². The summed E-state index contributed by atoms with van der Waals surface area (Å²) >= 11 is 0. The van der Waals surface area contributed by atoms with E-state index in [2.05, 4.69) is 94.6 Å². The van der Waals surface area contributed by atoms with Crippen LogP contribution in [0.2, 0.25) is 5.04 Å². The van der Waals surface area contributed by atoms with Gasteiger partial charge < -0.3 is 19.5 Å². The molecule has 0 radical (unpaired) electrons. The third kappa shape index (κ3) is 7.55. The van der Waals surface area contributed by atoms with Gasteiger partial charge in [-0.3, -0.25) is 4.57 Å². The molecule has 1 unspecified atom stereocenters. The first-order valence-electron chi connectivity index (χ1n) is 18.5. The zero-order valence-electron chi connectivity index (χ0n) is 30.9. The molecule has 2 fully saturated rings. The van der Waals surface area contributed by atoms with Crippen molar-refractivity contribution in [1.29, 1.82) is 0 Å². The number of piperidine rings is 1. The summed E-state index contributed by atoms with van der Waals surface area (Å²) in [4.78, 5) is 29.3. The van der Waals surface area contributed by atoms with E-state index >= 15 is 0 Å². The van der Waals surface area contributed by atoms with E-state index in [9.17, 15) is 13.2 Å². The molecule has 2 aromatic carbocycles. The van der Waals surface area contributed by atoms with Crippen molar-refractivity contribution in [3.8, 4) is 5.88 Å². The van der Waals surface area contributed by atoms with Crippen LogP contribution in [0.5, 0.6) is 5.88 Å². The van der Waals surface area contributed by atoms with Crippen LogP contribution in [0.4, 0.5) is 11.6 Å². The molecule has 2 aliphatic rings. The number of ether oxygens (including phenoxy) is 1. The predicted octanol–water partition coefficient (Wildman–Crippen LogP) is 5.37. The highest BCUT2D eigenvalue weighted by molar-refractivity contribution is 7.89. The van der Waals surface area contributed by atoms with Gasteiger partial charge in [-0.1, -0.05) is 81.4 Å². The standard InChI is InChI=1S/C39H49N7O5SSi/c1-39(2,3)53(31-14-7-5-8-15-31,32-16-9-6-10-17-32)51-30-13-12-24-45(26-30)52(48,49)27-28-19-21-29(22-20-28)46-35-34(43-38(46)47)25-41-37(44-35)42-33-18-11-23-40-36(33)50-4/h5-11,14-18,23,25,28-30H,12-13,19-22,24,26-27H2,1-4H3,(H,43,47)(H,41,42,44)/t28-,29-,30?. The second-order valence-corrected chi connectivity index (χ2v) is 21.5. The van der Waals surface area contributed by atoms with Crippen molar-refractivity contribution in [1.82, 2.24) is 28.8 Å². The number of benzene rings is 2. The molecule has 7 rings (SSSR count). The number of aromatic amines is 1. The summed E-state index contributed by atoms with van der Waals surface area (Å²) in [6.07, 6.45) is 7.33. The van der Waals surface area contributed by atoms with Gasteiger partial charge >= 0.3 is 5.69 Å². The Hall–Kier alpha value is -4.37. The van der Waals surface area contributed by atoms with Crippen LogP contribution in [0.15, 0.2) is 90.0 Å². The van der Waals surface area contributed by atoms with Gasteiger partial charge in [-0.2, -0.15) is 9.29 Å². The Morgan fingerprint density at radius 3 is 2.25 bits per heavy atom. The Morgan fingerprint density at radius 2 is 1.60 bits per heavy atom. The van der Waals surface area contributed by atoms with E-state index in [0.29, 0.717) is 67.5 Å². The molecule has 14 heteroatoms. The maximum Gasteiger partial charge on any atom is 0.327 e. The molecule has 1 atom stereocenters. The van der Waals surface area contributed by atoms with E-state index in [4.69, 9.17) is 9.16 Å². The van der Waals surface area contributed by atoms with Crippen molar-refractivity contribution >= 4 is 51.5 Å². The normalized spacial score (nSPS) is 20.3. The van der Waals surface area contributed by atoms with Gasteiger partial charge in [-0.15, -0.1) is 0 Å². The Bertz CT molecular complexity index is 2140. The highest BCUT2D eigenvalue weighted by Gasteiger charge is 2.52. The molecule has 2 N–H and O–H groups in total. The zero-order valence-corrected chi connectivity index (χ0v) is 32.7. The van der Waals surface area contributed by atoms with Gasteiger partial charge in [-0.25, -0.2) is 23.2 Å². The van der Waals surface area contributed by atoms with Gasteiger partial charge in [0.1, 0.15) is 11.2 Å². The average Bonchev–Trinajstić information content (AvgIpc) is 3.49. The number of H-pyrrole nitrogens is 1. The molecule has 5 aromatic rings. The van der Waals surface area contributed by atoms with Gasteiger partial charge in [0, 0.05) is 25.3 Å². The SMILES string of the molecule is COc1ncccc1Nc1ncc2[nH]c(=O)n([C@H]3CC[C@H](CS(=O)(=O)N4CCCC(O[Si](c5ccccc5)(c5ccccc5)C(C)(C)C)C4)CC3)c2n1. The largest absolute Gasteiger partial charge is 0.480 e. The van der Waals surface area contributed by atoms with Gasteiger partial charge in [0.05, 0.1) is 25.2 Å². The monoisotopic (exact) mass is 755 g/mol. The van der Waals surface area contributed by atoms with Gasteiger partial charge in [0.25, 0.3) is 8.32 Å². The number of sulfonamides is 1. The van der Waals surface area contributed by atoms with E-state index in [0.717, 1.165) is 12.8 Å². The number of anilines is 2. The van der Waals surface area contributed by atoms with E-state index < -0.39 is 18.3 Å². The summed E-state index contributed by atoms with van der Waals surface area (Å²) in [7, 11) is -4.83. The Kier molecular flexibility index (Phi) is 10.6. The second-order valence-electron chi connectivity index (χ2n) is 15.3. The van der Waals surface area contributed by atoms with E-state index in [-0.39, 0.29) is 34.5 Å². The number of imidazole rings is 1. The van der Waals surface area contributed by atoms with Crippen molar-refractivity contribution in [2.45, 2.75) is 76.5 Å². The lowest BCUT2D eigenvalue weighted by atomic mass is 9.87. The van der Waals surface area contributed by atoms with E-state index in [1.807, 2.05) is 18.2 Å². The number of pyridine rings is 1. The fourth-order valence-corrected chi connectivity index (χ4v) is 14.9. The molecule has 280 valence electrons. The molecule has 0 amide bonds. The minimum atomic E-state index is -3.54. The number of hydrogen-bond donors (Lipinski definition) is 2. The lowest BCUT2D eigenvalue weighted by Gasteiger charge is -2.46. The van der Waals surface area contributed by atoms with Crippen LogP contribution in [-0.4, -0.2) is 77.6 Å². The highest BCUT2D eigenvalue weighted by Crippen LogP contribution is 2.39. The first-order valence-corrected chi connectivity index (χ1v) is 22.0. The minimum absolute atomic E-state index is 0.0000280. The Labute approximate surface area is 312 Å². The summed E-state index contributed by atoms with van der Waals surface area (Å²) in [5, 5.41) is 5.33. The fourth-order valence-electron chi connectivity index (χ4n) is 8.25. The van der Waals surface area contributed by atoms with Crippen LogP contribution in [-0.2, 0) is 14.4 Å². The van der Waals surface area contributed by atoms with Gasteiger partial charge in [0.2, 0.25) is 21.9 Å². The number of nitrogens with one attached hydrogen (secondary N) is 2. The van der Waals surface area contributed by atoms with Crippen LogP contribution in [0.1, 0.15) is 65.3 Å². The molecule has 53 heavy (non-hydrogen) atoms. The molecule has 1 saturated heterocycles. The number of methoxy groups -OCH3 is 1. The Balaban J connectivity index is 1.04. The average molecular weight is 756 g/mol. The molecule has 3 aromatic heterocycles. The summed E-state index contributed by atoms with van der Waals surface area (Å²) < 4.78 is 44.2. The number of hydrogen-bond acceptors (Lipinski definition) is 9. The zero-order chi connectivity index (χ0) is 37.2. The predicted molar refractivity (Wildman–Crippen MR) is 210 cm³/mol. The highest BCUT2D eigenvalue weighted by atomic mass is 32.2. The smallest absolute Gasteiger partial charge is 0.327 e. The topological polar surface area (TPSA) is 144 Å². The quantitative estimate of drug-likeness (QED) is 0.170. The molecule has 1 saturated carbocycles. The van der Waals surface area contributed by atoms with Gasteiger partial charge in [-0.05, 0) is 72.0 Å². The molecule has 0 bridgehead atoms. The number of rotatable bonds is 11. The number of nitrogens with zero attached hydrogens (tertiary/aromatic N) is 5. The fraction of sp³-hybridized carbons (Fsp3) is 0.436. The Morgan fingerprint density at radius 1 is 0.925 bits per heavy atom. The number of fused-ring (bicyclic) bond motifs is 1. The first kappa shape index (κ1) is 37.0. The number of aromatic nitrogens is 5. The molecular formula is C39H49N7O5SSi. The van der Waals surface area contributed by atoms with Crippen LogP contribution in [0.3, 0.4) is 0 Å². The van der Waals surface area contributed by atoms with E-state index in [1.54, 1.807) is 34.4 Å². The summed E-state index contributed by atoms with van der Waals surface area (Å²) in [5.74, 6) is 0.815. The molecule has 1 aliphatic heterocycles. The van der Waals surface area contributed by atoms with Crippen LogP contribution >= 0.6 is 0 Å². The van der Waals surface area contributed by atoms with Crippen molar-refractivity contribution in [3.05, 3.63) is 95.7 Å². The first-order chi connectivity index (χ1) is 25.5. The third-order valence-corrected chi connectivity index (χ3v) is 17.9. The van der Waals surface area contributed by atoms with Crippen molar-refractivity contribution in [2.75, 3.05) is 31.3 Å². The molecule has 0 spiro atoms. The molecule has 1 aliphatic carbocycles. The third-order valence-electron chi connectivity index (χ3n) is 10.8. The summed E-state index contributed by atoms with van der Waals surface area (Å²) in [5.41, 5.74) is 1.41. The minimum Gasteiger partial charge on any atom is -0.480 e. The van der Waals surface area contributed by atoms with Crippen molar-refractivity contribution in [3.63, 3.8) is 0 Å². The van der Waals surface area contributed by atoms with Crippen LogP contribution < -0.4 is 26.1 Å². The summed E-state index contributed by atoms with van der Waals surface area (Å²) in [6.45, 7) is 7.61. The second kappa shape index (κ2) is 15.2. The summed E-state index contributed by atoms with van der Waals surface area (Å²) in [6, 6.07) is 24.5. The maximum absolute atomic E-state index is 14.1. The lowest BCUT2D eigenvalue weighted by molar-refractivity contribution is 0.119. The van der Waals surface area contributed by atoms with Gasteiger partial charge in [0.15, 0.2) is 5.65 Å². The molecule has 12 nitrogen and oxygen atoms in total. The van der Waals surface area contributed by atoms with Crippen LogP contribution in [0, 0.1) is 5.92 Å². The molecular weight excluding hydrogens is 707 g/mol. The maximum atomic E-state index is 14.1. The lowest BCUT2D eigenvalue weighted by Crippen LogP contribution is -2.68. The van der Waals surface area contributed by atoms with Crippen molar-refractivity contribution < 1.29 is 17.6 Å². The molecule has 4 heterocycles. The van der Waals surface area contributed by atoms with E-state index in [1.165, 1.54) is 10.4 Å². The van der Waals surface area contributed by atoms with Crippen LogP contribution in [0.25, 0.3) is 11.2 Å².